The van der Waals surface area contributed by atoms with E-state index in [2.05, 4.69) is 5.32 Å². The molecule has 1 amide bonds. The molecule has 0 radical (unpaired) electrons. The van der Waals surface area contributed by atoms with Gasteiger partial charge in [-0.15, -0.1) is 0 Å². The molecular formula is C14H20N2O2. The second-order valence-corrected chi connectivity index (χ2v) is 4.98. The summed E-state index contributed by atoms with van der Waals surface area (Å²) in [7, 11) is 0. The molecule has 1 unspecified atom stereocenters. The van der Waals surface area contributed by atoms with Gasteiger partial charge < -0.3 is 15.8 Å². The van der Waals surface area contributed by atoms with E-state index in [4.69, 9.17) is 10.5 Å². The summed E-state index contributed by atoms with van der Waals surface area (Å²) in [6.45, 7) is 5.26. The van der Waals surface area contributed by atoms with E-state index in [1.165, 1.54) is 0 Å². The van der Waals surface area contributed by atoms with Gasteiger partial charge in [0.15, 0.2) is 0 Å². The number of carbonyl (C=O) groups excluding carboxylic acids is 1. The predicted molar refractivity (Wildman–Crippen MR) is 70.8 cm³/mol. The van der Waals surface area contributed by atoms with Gasteiger partial charge >= 0.3 is 0 Å². The summed E-state index contributed by atoms with van der Waals surface area (Å²) in [5.41, 5.74) is 7.44. The average molecular weight is 248 g/mol. The number of carbonyl (C=O) groups is 1. The highest BCUT2D eigenvalue weighted by molar-refractivity contribution is 5.94. The van der Waals surface area contributed by atoms with Gasteiger partial charge in [-0.05, 0) is 29.7 Å². The summed E-state index contributed by atoms with van der Waals surface area (Å²) in [6, 6.07) is 5.59. The van der Waals surface area contributed by atoms with Crippen LogP contribution < -0.4 is 15.8 Å². The van der Waals surface area contributed by atoms with E-state index < -0.39 is 0 Å². The molecule has 0 spiro atoms. The highest BCUT2D eigenvalue weighted by atomic mass is 16.5. The van der Waals surface area contributed by atoms with Crippen LogP contribution in [0.3, 0.4) is 0 Å². The van der Waals surface area contributed by atoms with E-state index in [0.29, 0.717) is 24.6 Å². The molecule has 4 nitrogen and oxygen atoms in total. The van der Waals surface area contributed by atoms with Crippen molar-refractivity contribution in [2.24, 2.45) is 11.7 Å². The fourth-order valence-electron chi connectivity index (χ4n) is 2.08. The van der Waals surface area contributed by atoms with E-state index in [1.807, 2.05) is 26.0 Å². The first kappa shape index (κ1) is 12.9. The van der Waals surface area contributed by atoms with Crippen LogP contribution in [0, 0.1) is 5.92 Å². The molecule has 1 aliphatic rings. The molecule has 98 valence electrons. The Hall–Kier alpha value is -1.55. The monoisotopic (exact) mass is 248 g/mol. The first-order valence-electron chi connectivity index (χ1n) is 6.38. The standard InChI is InChI=1S/C14H20N2O2/c1-9(2)12(8-15)16-14(17)11-3-4-13-10(7-11)5-6-18-13/h3-4,7,9,12H,5-6,8,15H2,1-2H3,(H,16,17). The van der Waals surface area contributed by atoms with Crippen molar-refractivity contribution in [2.75, 3.05) is 13.2 Å². The number of nitrogens with two attached hydrogens (primary N) is 1. The highest BCUT2D eigenvalue weighted by Gasteiger charge is 2.18. The third-order valence-corrected chi connectivity index (χ3v) is 3.33. The number of hydrogen-bond acceptors (Lipinski definition) is 3. The minimum atomic E-state index is -0.0612. The Kier molecular flexibility index (Phi) is 3.87. The zero-order valence-electron chi connectivity index (χ0n) is 10.9. The number of fused-ring (bicyclic) bond motifs is 1. The van der Waals surface area contributed by atoms with Crippen LogP contribution in [0.4, 0.5) is 0 Å². The normalized spacial score (nSPS) is 15.1. The molecule has 1 aromatic carbocycles. The van der Waals surface area contributed by atoms with Crippen molar-refractivity contribution in [1.82, 2.24) is 5.32 Å². The SMILES string of the molecule is CC(C)C(CN)NC(=O)c1ccc2c(c1)CCO2. The third-order valence-electron chi connectivity index (χ3n) is 3.33. The Morgan fingerprint density at radius 2 is 2.28 bits per heavy atom. The van der Waals surface area contributed by atoms with Crippen molar-refractivity contribution in [1.29, 1.82) is 0 Å². The van der Waals surface area contributed by atoms with Crippen molar-refractivity contribution < 1.29 is 9.53 Å². The second kappa shape index (κ2) is 5.40. The quantitative estimate of drug-likeness (QED) is 0.845. The van der Waals surface area contributed by atoms with Gasteiger partial charge in [0.05, 0.1) is 6.61 Å². The van der Waals surface area contributed by atoms with Crippen molar-refractivity contribution >= 4 is 5.91 Å². The number of ether oxygens (including phenoxy) is 1. The maximum atomic E-state index is 12.1. The molecule has 0 bridgehead atoms. The molecule has 0 aliphatic carbocycles. The van der Waals surface area contributed by atoms with Gasteiger partial charge in [-0.1, -0.05) is 13.8 Å². The van der Waals surface area contributed by atoms with Crippen LogP contribution in [0.25, 0.3) is 0 Å². The number of amides is 1. The molecule has 0 fully saturated rings. The lowest BCUT2D eigenvalue weighted by Crippen LogP contribution is -2.43. The lowest BCUT2D eigenvalue weighted by molar-refractivity contribution is 0.0927. The summed E-state index contributed by atoms with van der Waals surface area (Å²) >= 11 is 0. The summed E-state index contributed by atoms with van der Waals surface area (Å²) in [4.78, 5) is 12.1. The summed E-state index contributed by atoms with van der Waals surface area (Å²) in [6.07, 6.45) is 0.876. The molecule has 0 aromatic heterocycles. The zero-order valence-corrected chi connectivity index (χ0v) is 10.9. The van der Waals surface area contributed by atoms with Gasteiger partial charge in [0, 0.05) is 24.6 Å². The van der Waals surface area contributed by atoms with Gasteiger partial charge in [-0.3, -0.25) is 4.79 Å². The van der Waals surface area contributed by atoms with Crippen LogP contribution in [0.15, 0.2) is 18.2 Å². The molecule has 1 aromatic rings. The molecule has 3 N–H and O–H groups in total. The molecule has 1 atom stereocenters. The Morgan fingerprint density at radius 3 is 2.94 bits per heavy atom. The number of hydrogen-bond donors (Lipinski definition) is 2. The number of benzene rings is 1. The Balaban J connectivity index is 2.09. The molecule has 18 heavy (non-hydrogen) atoms. The summed E-state index contributed by atoms with van der Waals surface area (Å²) in [5, 5.41) is 2.97. The fraction of sp³-hybridized carbons (Fsp3) is 0.500. The maximum Gasteiger partial charge on any atom is 0.251 e. The first-order valence-corrected chi connectivity index (χ1v) is 6.38. The maximum absolute atomic E-state index is 12.1. The van der Waals surface area contributed by atoms with E-state index in [-0.39, 0.29) is 11.9 Å². The zero-order chi connectivity index (χ0) is 13.1. The van der Waals surface area contributed by atoms with Crippen LogP contribution in [0.2, 0.25) is 0 Å². The predicted octanol–water partition coefficient (Wildman–Crippen LogP) is 1.33. The summed E-state index contributed by atoms with van der Waals surface area (Å²) in [5.74, 6) is 1.16. The van der Waals surface area contributed by atoms with Gasteiger partial charge in [0.2, 0.25) is 0 Å². The van der Waals surface area contributed by atoms with E-state index in [9.17, 15) is 4.79 Å². The smallest absolute Gasteiger partial charge is 0.251 e. The van der Waals surface area contributed by atoms with E-state index in [0.717, 1.165) is 17.7 Å². The Bertz CT molecular complexity index is 443. The lowest BCUT2D eigenvalue weighted by atomic mass is 10.0. The lowest BCUT2D eigenvalue weighted by Gasteiger charge is -2.20. The summed E-state index contributed by atoms with van der Waals surface area (Å²) < 4.78 is 5.42. The largest absolute Gasteiger partial charge is 0.493 e. The topological polar surface area (TPSA) is 64.3 Å². The molecule has 4 heteroatoms. The molecular weight excluding hydrogens is 228 g/mol. The fourth-order valence-corrected chi connectivity index (χ4v) is 2.08. The van der Waals surface area contributed by atoms with Crippen LogP contribution in [0.5, 0.6) is 5.75 Å². The number of rotatable bonds is 4. The third kappa shape index (κ3) is 2.64. The van der Waals surface area contributed by atoms with Crippen LogP contribution >= 0.6 is 0 Å². The van der Waals surface area contributed by atoms with E-state index in [1.54, 1.807) is 6.07 Å². The van der Waals surface area contributed by atoms with Crippen LogP contribution in [-0.2, 0) is 6.42 Å². The molecule has 1 heterocycles. The van der Waals surface area contributed by atoms with Crippen molar-refractivity contribution in [3.8, 4) is 5.75 Å². The number of nitrogens with one attached hydrogen (secondary N) is 1. The van der Waals surface area contributed by atoms with Crippen molar-refractivity contribution in [3.63, 3.8) is 0 Å². The molecule has 0 saturated carbocycles. The molecule has 2 rings (SSSR count). The van der Waals surface area contributed by atoms with Crippen LogP contribution in [0.1, 0.15) is 29.8 Å². The van der Waals surface area contributed by atoms with Gasteiger partial charge in [0.25, 0.3) is 5.91 Å². The highest BCUT2D eigenvalue weighted by Crippen LogP contribution is 2.25. The van der Waals surface area contributed by atoms with E-state index >= 15 is 0 Å². The minimum absolute atomic E-state index is 0.0157. The van der Waals surface area contributed by atoms with Gasteiger partial charge in [0.1, 0.15) is 5.75 Å². The minimum Gasteiger partial charge on any atom is -0.493 e. The molecule has 0 saturated heterocycles. The first-order chi connectivity index (χ1) is 8.61. The van der Waals surface area contributed by atoms with Gasteiger partial charge in [-0.25, -0.2) is 0 Å². The second-order valence-electron chi connectivity index (χ2n) is 4.98. The van der Waals surface area contributed by atoms with Gasteiger partial charge in [-0.2, -0.15) is 0 Å². The molecule has 1 aliphatic heterocycles. The van der Waals surface area contributed by atoms with Crippen LogP contribution in [-0.4, -0.2) is 25.1 Å². The Morgan fingerprint density at radius 1 is 1.50 bits per heavy atom. The van der Waals surface area contributed by atoms with Crippen molar-refractivity contribution in [3.05, 3.63) is 29.3 Å². The average Bonchev–Trinajstić information content (AvgIpc) is 2.82. The Labute approximate surface area is 108 Å². The van der Waals surface area contributed by atoms with Crippen molar-refractivity contribution in [2.45, 2.75) is 26.3 Å².